The van der Waals surface area contributed by atoms with Crippen LogP contribution in [0.4, 0.5) is 11.8 Å². The van der Waals surface area contributed by atoms with Gasteiger partial charge in [-0.1, -0.05) is 12.1 Å². The molecule has 0 radical (unpaired) electrons. The summed E-state index contributed by atoms with van der Waals surface area (Å²) in [4.78, 5) is 10.8. The van der Waals surface area contributed by atoms with Crippen molar-refractivity contribution in [2.45, 2.75) is 12.5 Å². The standard InChI is InChI=1S/C14H15N5O/c15-8-5-6-19(7-8)13-12-11(17-14(16)18-13)9-3-1-2-4-10(9)20-12/h1-4,8H,5-7,15H2,(H2,16,17,18)/t8-/m1/s1. The van der Waals surface area contributed by atoms with Crippen LogP contribution in [-0.2, 0) is 0 Å². The molecule has 3 heterocycles. The maximum absolute atomic E-state index is 5.97. The first kappa shape index (κ1) is 11.5. The molecule has 0 aliphatic carbocycles. The Morgan fingerprint density at radius 3 is 2.90 bits per heavy atom. The number of hydrogen-bond acceptors (Lipinski definition) is 6. The van der Waals surface area contributed by atoms with E-state index in [2.05, 4.69) is 14.9 Å². The van der Waals surface area contributed by atoms with Gasteiger partial charge in [-0.2, -0.15) is 4.98 Å². The quantitative estimate of drug-likeness (QED) is 0.695. The first-order chi connectivity index (χ1) is 9.72. The largest absolute Gasteiger partial charge is 0.450 e. The molecule has 102 valence electrons. The normalized spacial score (nSPS) is 19.2. The third-order valence-corrected chi connectivity index (χ3v) is 3.74. The molecule has 4 N–H and O–H groups in total. The number of furan rings is 1. The van der Waals surface area contributed by atoms with E-state index in [-0.39, 0.29) is 12.0 Å². The molecule has 6 nitrogen and oxygen atoms in total. The molecular weight excluding hydrogens is 254 g/mol. The first-order valence-corrected chi connectivity index (χ1v) is 6.67. The highest BCUT2D eigenvalue weighted by atomic mass is 16.3. The molecule has 6 heteroatoms. The molecule has 0 saturated carbocycles. The van der Waals surface area contributed by atoms with E-state index < -0.39 is 0 Å². The summed E-state index contributed by atoms with van der Waals surface area (Å²) in [6.07, 6.45) is 0.950. The van der Waals surface area contributed by atoms with Gasteiger partial charge >= 0.3 is 0 Å². The number of rotatable bonds is 1. The predicted molar refractivity (Wildman–Crippen MR) is 78.5 cm³/mol. The van der Waals surface area contributed by atoms with E-state index >= 15 is 0 Å². The van der Waals surface area contributed by atoms with Gasteiger partial charge in [-0.05, 0) is 18.6 Å². The van der Waals surface area contributed by atoms with Gasteiger partial charge in [0.05, 0.1) is 0 Å². The SMILES string of the molecule is Nc1nc(N2CC[C@@H](N)C2)c2oc3ccccc3c2n1. The Hall–Kier alpha value is -2.34. The van der Waals surface area contributed by atoms with Crippen molar-refractivity contribution in [2.75, 3.05) is 23.7 Å². The second-order valence-corrected chi connectivity index (χ2v) is 5.18. The fourth-order valence-electron chi connectivity index (χ4n) is 2.79. The Labute approximate surface area is 115 Å². The molecule has 3 aromatic rings. The summed E-state index contributed by atoms with van der Waals surface area (Å²) >= 11 is 0. The average Bonchev–Trinajstić information content (AvgIpc) is 3.02. The molecule has 1 saturated heterocycles. The summed E-state index contributed by atoms with van der Waals surface area (Å²) < 4.78 is 5.92. The smallest absolute Gasteiger partial charge is 0.222 e. The number of nitrogen functional groups attached to an aromatic ring is 1. The van der Waals surface area contributed by atoms with Crippen LogP contribution in [0.25, 0.3) is 22.1 Å². The highest BCUT2D eigenvalue weighted by molar-refractivity contribution is 6.06. The van der Waals surface area contributed by atoms with Gasteiger partial charge in [-0.3, -0.25) is 0 Å². The van der Waals surface area contributed by atoms with Crippen molar-refractivity contribution >= 4 is 33.8 Å². The van der Waals surface area contributed by atoms with Crippen molar-refractivity contribution < 1.29 is 4.42 Å². The number of hydrogen-bond donors (Lipinski definition) is 2. The van der Waals surface area contributed by atoms with Gasteiger partial charge in [-0.15, -0.1) is 0 Å². The van der Waals surface area contributed by atoms with E-state index in [0.717, 1.165) is 41.8 Å². The van der Waals surface area contributed by atoms with Crippen molar-refractivity contribution in [2.24, 2.45) is 5.73 Å². The van der Waals surface area contributed by atoms with Gasteiger partial charge in [0.25, 0.3) is 0 Å². The minimum absolute atomic E-state index is 0.172. The van der Waals surface area contributed by atoms with E-state index in [0.29, 0.717) is 5.58 Å². The zero-order valence-electron chi connectivity index (χ0n) is 10.9. The second-order valence-electron chi connectivity index (χ2n) is 5.18. The van der Waals surface area contributed by atoms with Gasteiger partial charge in [0.15, 0.2) is 11.4 Å². The zero-order chi connectivity index (χ0) is 13.7. The minimum atomic E-state index is 0.172. The zero-order valence-corrected chi connectivity index (χ0v) is 10.9. The summed E-state index contributed by atoms with van der Waals surface area (Å²) in [6, 6.07) is 7.97. The lowest BCUT2D eigenvalue weighted by Crippen LogP contribution is -2.27. The van der Waals surface area contributed by atoms with E-state index in [1.165, 1.54) is 0 Å². The lowest BCUT2D eigenvalue weighted by atomic mass is 10.2. The highest BCUT2D eigenvalue weighted by Crippen LogP contribution is 2.34. The maximum atomic E-state index is 5.97. The Kier molecular flexibility index (Phi) is 2.34. The summed E-state index contributed by atoms with van der Waals surface area (Å²) in [6.45, 7) is 1.63. The molecule has 0 amide bonds. The van der Waals surface area contributed by atoms with Crippen LogP contribution in [0.2, 0.25) is 0 Å². The van der Waals surface area contributed by atoms with Crippen molar-refractivity contribution in [1.82, 2.24) is 9.97 Å². The van der Waals surface area contributed by atoms with Crippen molar-refractivity contribution in [3.63, 3.8) is 0 Å². The topological polar surface area (TPSA) is 94.2 Å². The summed E-state index contributed by atoms with van der Waals surface area (Å²) in [5, 5.41) is 0.960. The van der Waals surface area contributed by atoms with Crippen LogP contribution in [0.15, 0.2) is 28.7 Å². The Balaban J connectivity index is 2.00. The fraction of sp³-hybridized carbons (Fsp3) is 0.286. The number of anilines is 2. The third kappa shape index (κ3) is 1.61. The molecule has 1 fully saturated rings. The minimum Gasteiger partial charge on any atom is -0.450 e. The number of para-hydroxylation sites is 1. The Morgan fingerprint density at radius 1 is 1.25 bits per heavy atom. The maximum Gasteiger partial charge on any atom is 0.222 e. The molecule has 1 aromatic carbocycles. The van der Waals surface area contributed by atoms with E-state index in [1.807, 2.05) is 24.3 Å². The van der Waals surface area contributed by atoms with Crippen LogP contribution in [0, 0.1) is 0 Å². The van der Waals surface area contributed by atoms with E-state index in [9.17, 15) is 0 Å². The van der Waals surface area contributed by atoms with Crippen LogP contribution in [0.1, 0.15) is 6.42 Å². The summed E-state index contributed by atoms with van der Waals surface area (Å²) in [5.74, 6) is 1.01. The van der Waals surface area contributed by atoms with Crippen molar-refractivity contribution in [1.29, 1.82) is 0 Å². The van der Waals surface area contributed by atoms with Crippen LogP contribution >= 0.6 is 0 Å². The monoisotopic (exact) mass is 269 g/mol. The molecule has 4 rings (SSSR count). The predicted octanol–water partition coefficient (Wildman–Crippen LogP) is 1.50. The Bertz CT molecular complexity index is 797. The number of benzene rings is 1. The number of nitrogens with zero attached hydrogens (tertiary/aromatic N) is 3. The third-order valence-electron chi connectivity index (χ3n) is 3.74. The molecule has 1 aliphatic heterocycles. The summed E-state index contributed by atoms with van der Waals surface area (Å²) in [7, 11) is 0. The molecule has 1 atom stereocenters. The van der Waals surface area contributed by atoms with Crippen LogP contribution in [0.3, 0.4) is 0 Å². The van der Waals surface area contributed by atoms with Gasteiger partial charge in [-0.25, -0.2) is 4.98 Å². The van der Waals surface area contributed by atoms with Crippen molar-refractivity contribution in [3.8, 4) is 0 Å². The van der Waals surface area contributed by atoms with Crippen LogP contribution in [0.5, 0.6) is 0 Å². The van der Waals surface area contributed by atoms with Gasteiger partial charge < -0.3 is 20.8 Å². The molecule has 0 bridgehead atoms. The molecule has 2 aromatic heterocycles. The summed E-state index contributed by atoms with van der Waals surface area (Å²) in [5.41, 5.74) is 14.1. The van der Waals surface area contributed by atoms with Crippen LogP contribution in [-0.4, -0.2) is 29.1 Å². The van der Waals surface area contributed by atoms with Gasteiger partial charge in [0.2, 0.25) is 5.95 Å². The van der Waals surface area contributed by atoms with E-state index in [1.54, 1.807) is 0 Å². The second kappa shape index (κ2) is 4.08. The molecular formula is C14H15N5O. The molecule has 0 unspecified atom stereocenters. The molecule has 0 spiro atoms. The molecule has 1 aliphatic rings. The number of aromatic nitrogens is 2. The van der Waals surface area contributed by atoms with Crippen molar-refractivity contribution in [3.05, 3.63) is 24.3 Å². The fourth-order valence-corrected chi connectivity index (χ4v) is 2.79. The van der Waals surface area contributed by atoms with Crippen LogP contribution < -0.4 is 16.4 Å². The number of nitrogens with two attached hydrogens (primary N) is 2. The lowest BCUT2D eigenvalue weighted by molar-refractivity contribution is 0.663. The Morgan fingerprint density at radius 2 is 2.10 bits per heavy atom. The lowest BCUT2D eigenvalue weighted by Gasteiger charge is -2.16. The first-order valence-electron chi connectivity index (χ1n) is 6.67. The average molecular weight is 269 g/mol. The van der Waals surface area contributed by atoms with Gasteiger partial charge in [0, 0.05) is 24.5 Å². The van der Waals surface area contributed by atoms with Gasteiger partial charge in [0.1, 0.15) is 11.1 Å². The number of fused-ring (bicyclic) bond motifs is 3. The highest BCUT2D eigenvalue weighted by Gasteiger charge is 2.25. The molecule has 20 heavy (non-hydrogen) atoms. The van der Waals surface area contributed by atoms with E-state index in [4.69, 9.17) is 15.9 Å².